The molecule has 1 saturated carbocycles. The van der Waals surface area contributed by atoms with Crippen LogP contribution in [0.4, 0.5) is 0 Å². The first kappa shape index (κ1) is 16.9. The molecule has 0 spiro atoms. The van der Waals surface area contributed by atoms with Crippen molar-refractivity contribution in [1.29, 1.82) is 0 Å². The highest BCUT2D eigenvalue weighted by Crippen LogP contribution is 2.47. The highest BCUT2D eigenvalue weighted by Gasteiger charge is 2.37. The monoisotopic (exact) mass is 352 g/mol. The summed E-state index contributed by atoms with van der Waals surface area (Å²) in [7, 11) is 0. The van der Waals surface area contributed by atoms with Gasteiger partial charge in [0.1, 0.15) is 5.75 Å². The first-order valence-corrected chi connectivity index (χ1v) is 9.31. The van der Waals surface area contributed by atoms with Crippen molar-refractivity contribution in [3.8, 4) is 5.75 Å². The summed E-state index contributed by atoms with van der Waals surface area (Å²) in [4.78, 5) is 0. The lowest BCUT2D eigenvalue weighted by Crippen LogP contribution is -2.34. The standard InChI is InChI=1S/C19H29BrO/c1-18(2,3)16-9-11-19(15-20,12-10-16)13-14-21-17-7-5-4-6-8-17/h4-8,16H,9-15H2,1-3H3. The lowest BCUT2D eigenvalue weighted by atomic mass is 9.64. The van der Waals surface area contributed by atoms with Crippen molar-refractivity contribution in [2.24, 2.45) is 16.7 Å². The fourth-order valence-electron chi connectivity index (χ4n) is 3.45. The van der Waals surface area contributed by atoms with Crippen LogP contribution in [-0.4, -0.2) is 11.9 Å². The number of rotatable bonds is 5. The Morgan fingerprint density at radius 3 is 2.29 bits per heavy atom. The van der Waals surface area contributed by atoms with E-state index in [1.54, 1.807) is 0 Å². The summed E-state index contributed by atoms with van der Waals surface area (Å²) in [6, 6.07) is 10.2. The quantitative estimate of drug-likeness (QED) is 0.584. The molecular weight excluding hydrogens is 324 g/mol. The SMILES string of the molecule is CC(C)(C)C1CCC(CBr)(CCOc2ccccc2)CC1. The van der Waals surface area contributed by atoms with E-state index in [0.717, 1.165) is 30.0 Å². The average molecular weight is 353 g/mol. The molecule has 0 bridgehead atoms. The van der Waals surface area contributed by atoms with Crippen LogP contribution in [0.2, 0.25) is 0 Å². The summed E-state index contributed by atoms with van der Waals surface area (Å²) in [5.41, 5.74) is 0.898. The van der Waals surface area contributed by atoms with Crippen molar-refractivity contribution in [1.82, 2.24) is 0 Å². The normalized spacial score (nSPS) is 26.6. The molecule has 0 radical (unpaired) electrons. The van der Waals surface area contributed by atoms with Gasteiger partial charge < -0.3 is 4.74 Å². The Hall–Kier alpha value is -0.500. The largest absolute Gasteiger partial charge is 0.494 e. The van der Waals surface area contributed by atoms with E-state index in [4.69, 9.17) is 4.74 Å². The van der Waals surface area contributed by atoms with E-state index in [9.17, 15) is 0 Å². The molecule has 1 nitrogen and oxygen atoms in total. The van der Waals surface area contributed by atoms with Crippen LogP contribution in [0.5, 0.6) is 5.75 Å². The van der Waals surface area contributed by atoms with E-state index in [-0.39, 0.29) is 0 Å². The second-order valence-electron chi connectivity index (χ2n) is 7.69. The predicted octanol–water partition coefficient (Wildman–Crippen LogP) is 6.07. The minimum absolute atomic E-state index is 0.441. The van der Waals surface area contributed by atoms with Gasteiger partial charge in [0.2, 0.25) is 0 Å². The molecule has 0 unspecified atom stereocenters. The molecule has 0 atom stereocenters. The number of hydrogen-bond acceptors (Lipinski definition) is 1. The average Bonchev–Trinajstić information content (AvgIpc) is 2.48. The zero-order valence-corrected chi connectivity index (χ0v) is 15.3. The first-order chi connectivity index (χ1) is 9.95. The van der Waals surface area contributed by atoms with Crippen molar-refractivity contribution < 1.29 is 4.74 Å². The van der Waals surface area contributed by atoms with Gasteiger partial charge in [0.25, 0.3) is 0 Å². The Morgan fingerprint density at radius 1 is 1.14 bits per heavy atom. The molecule has 2 rings (SSSR count). The van der Waals surface area contributed by atoms with Gasteiger partial charge in [-0.15, -0.1) is 0 Å². The number of ether oxygens (including phenoxy) is 1. The van der Waals surface area contributed by atoms with E-state index in [1.807, 2.05) is 30.3 Å². The van der Waals surface area contributed by atoms with Gasteiger partial charge in [-0.25, -0.2) is 0 Å². The number of hydrogen-bond donors (Lipinski definition) is 0. The van der Waals surface area contributed by atoms with Crippen LogP contribution in [0.1, 0.15) is 52.9 Å². The predicted molar refractivity (Wildman–Crippen MR) is 94.2 cm³/mol. The molecule has 2 heteroatoms. The number of para-hydroxylation sites is 1. The lowest BCUT2D eigenvalue weighted by Gasteiger charge is -2.43. The zero-order chi connectivity index (χ0) is 15.3. The third kappa shape index (κ3) is 4.74. The van der Waals surface area contributed by atoms with Crippen LogP contribution in [-0.2, 0) is 0 Å². The Kier molecular flexibility index (Phi) is 5.76. The van der Waals surface area contributed by atoms with Gasteiger partial charge in [-0.3, -0.25) is 0 Å². The molecule has 0 heterocycles. The molecule has 1 aliphatic rings. The van der Waals surface area contributed by atoms with E-state index >= 15 is 0 Å². The lowest BCUT2D eigenvalue weighted by molar-refractivity contribution is 0.0854. The molecule has 1 fully saturated rings. The van der Waals surface area contributed by atoms with E-state index in [2.05, 4.69) is 36.7 Å². The Bertz CT molecular complexity index is 413. The van der Waals surface area contributed by atoms with Crippen molar-refractivity contribution >= 4 is 15.9 Å². The maximum Gasteiger partial charge on any atom is 0.119 e. The molecule has 1 aromatic carbocycles. The van der Waals surface area contributed by atoms with Gasteiger partial charge in [0, 0.05) is 5.33 Å². The van der Waals surface area contributed by atoms with Crippen LogP contribution in [0, 0.1) is 16.7 Å². The Balaban J connectivity index is 1.83. The molecule has 0 aromatic heterocycles. The van der Waals surface area contributed by atoms with Crippen LogP contribution in [0.15, 0.2) is 30.3 Å². The van der Waals surface area contributed by atoms with E-state index in [1.165, 1.54) is 25.7 Å². The Labute approximate surface area is 138 Å². The molecule has 118 valence electrons. The van der Waals surface area contributed by atoms with E-state index in [0.29, 0.717) is 10.8 Å². The minimum atomic E-state index is 0.441. The molecule has 0 saturated heterocycles. The van der Waals surface area contributed by atoms with Crippen molar-refractivity contribution in [2.75, 3.05) is 11.9 Å². The highest BCUT2D eigenvalue weighted by atomic mass is 79.9. The number of alkyl halides is 1. The second kappa shape index (κ2) is 7.17. The van der Waals surface area contributed by atoms with Gasteiger partial charge in [0.05, 0.1) is 6.61 Å². The Morgan fingerprint density at radius 2 is 1.76 bits per heavy atom. The molecule has 0 amide bonds. The van der Waals surface area contributed by atoms with Crippen LogP contribution < -0.4 is 4.74 Å². The summed E-state index contributed by atoms with van der Waals surface area (Å²) in [5, 5.41) is 1.11. The van der Waals surface area contributed by atoms with Gasteiger partial charge in [-0.2, -0.15) is 0 Å². The smallest absolute Gasteiger partial charge is 0.119 e. The third-order valence-corrected chi connectivity index (χ3v) is 6.39. The molecule has 0 aliphatic heterocycles. The van der Waals surface area contributed by atoms with Crippen LogP contribution in [0.3, 0.4) is 0 Å². The topological polar surface area (TPSA) is 9.23 Å². The molecule has 21 heavy (non-hydrogen) atoms. The minimum Gasteiger partial charge on any atom is -0.494 e. The fourth-order valence-corrected chi connectivity index (χ4v) is 4.29. The number of halogens is 1. The van der Waals surface area contributed by atoms with Crippen LogP contribution >= 0.6 is 15.9 Å². The van der Waals surface area contributed by atoms with Gasteiger partial charge in [-0.1, -0.05) is 54.9 Å². The summed E-state index contributed by atoms with van der Waals surface area (Å²) in [6.07, 6.45) is 6.54. The highest BCUT2D eigenvalue weighted by molar-refractivity contribution is 9.09. The van der Waals surface area contributed by atoms with E-state index < -0.39 is 0 Å². The molecule has 1 aromatic rings. The van der Waals surface area contributed by atoms with Crippen molar-refractivity contribution in [3.63, 3.8) is 0 Å². The first-order valence-electron chi connectivity index (χ1n) is 8.19. The third-order valence-electron chi connectivity index (χ3n) is 5.20. The summed E-state index contributed by atoms with van der Waals surface area (Å²) in [5.74, 6) is 1.87. The molecule has 1 aliphatic carbocycles. The van der Waals surface area contributed by atoms with Crippen molar-refractivity contribution in [3.05, 3.63) is 30.3 Å². The summed E-state index contributed by atoms with van der Waals surface area (Å²) < 4.78 is 5.91. The molecule has 0 N–H and O–H groups in total. The molecular formula is C19H29BrO. The van der Waals surface area contributed by atoms with Crippen LogP contribution in [0.25, 0.3) is 0 Å². The number of benzene rings is 1. The van der Waals surface area contributed by atoms with Gasteiger partial charge in [0.15, 0.2) is 0 Å². The fraction of sp³-hybridized carbons (Fsp3) is 0.684. The van der Waals surface area contributed by atoms with Gasteiger partial charge in [-0.05, 0) is 61.0 Å². The maximum atomic E-state index is 5.91. The summed E-state index contributed by atoms with van der Waals surface area (Å²) >= 11 is 3.77. The zero-order valence-electron chi connectivity index (χ0n) is 13.7. The van der Waals surface area contributed by atoms with Gasteiger partial charge >= 0.3 is 0 Å². The summed E-state index contributed by atoms with van der Waals surface area (Å²) in [6.45, 7) is 7.99. The second-order valence-corrected chi connectivity index (χ2v) is 8.25. The van der Waals surface area contributed by atoms with Crippen molar-refractivity contribution in [2.45, 2.75) is 52.9 Å². The maximum absolute atomic E-state index is 5.91.